The minimum Gasteiger partial charge on any atom is -0.399 e. The second-order valence-electron chi connectivity index (χ2n) is 3.13. The molecule has 0 bridgehead atoms. The van der Waals surface area contributed by atoms with Crippen molar-refractivity contribution in [2.75, 3.05) is 11.5 Å². The first-order valence-corrected chi connectivity index (χ1v) is 4.09. The standard InChI is InChI=1S/C10H11N3/c1-6-4-9(12)8-3-2-7(11)5-10(8)13-6/h2-5H,11H2,1H3,(H2,12,13). The summed E-state index contributed by atoms with van der Waals surface area (Å²) in [5, 5.41) is 0.958. The van der Waals surface area contributed by atoms with Crippen LogP contribution in [0.1, 0.15) is 5.69 Å². The Morgan fingerprint density at radius 1 is 1.15 bits per heavy atom. The number of nitrogen functional groups attached to an aromatic ring is 2. The Morgan fingerprint density at radius 3 is 2.69 bits per heavy atom. The van der Waals surface area contributed by atoms with Crippen LogP contribution in [0, 0.1) is 6.92 Å². The monoisotopic (exact) mass is 173 g/mol. The van der Waals surface area contributed by atoms with Gasteiger partial charge in [0, 0.05) is 22.5 Å². The number of aromatic nitrogens is 1. The Balaban J connectivity index is 2.86. The van der Waals surface area contributed by atoms with E-state index < -0.39 is 0 Å². The minimum absolute atomic E-state index is 0.713. The van der Waals surface area contributed by atoms with Gasteiger partial charge in [0.15, 0.2) is 0 Å². The Bertz CT molecular complexity index is 458. The highest BCUT2D eigenvalue weighted by Crippen LogP contribution is 2.21. The summed E-state index contributed by atoms with van der Waals surface area (Å²) in [6.45, 7) is 1.92. The molecule has 2 rings (SSSR count). The van der Waals surface area contributed by atoms with Gasteiger partial charge in [-0.1, -0.05) is 0 Å². The molecule has 0 aliphatic heterocycles. The number of nitrogens with two attached hydrogens (primary N) is 2. The lowest BCUT2D eigenvalue weighted by atomic mass is 10.1. The normalized spacial score (nSPS) is 10.5. The maximum absolute atomic E-state index is 5.83. The van der Waals surface area contributed by atoms with Crippen LogP contribution >= 0.6 is 0 Å². The molecule has 0 saturated heterocycles. The van der Waals surface area contributed by atoms with Crippen molar-refractivity contribution in [2.45, 2.75) is 6.92 Å². The molecule has 0 aliphatic rings. The predicted octanol–water partition coefficient (Wildman–Crippen LogP) is 1.71. The molecule has 1 aromatic carbocycles. The molecular weight excluding hydrogens is 162 g/mol. The lowest BCUT2D eigenvalue weighted by Crippen LogP contribution is -1.93. The van der Waals surface area contributed by atoms with Crippen LogP contribution in [0.3, 0.4) is 0 Å². The number of rotatable bonds is 0. The maximum Gasteiger partial charge on any atom is 0.0746 e. The van der Waals surface area contributed by atoms with E-state index in [2.05, 4.69) is 4.98 Å². The zero-order chi connectivity index (χ0) is 9.42. The smallest absolute Gasteiger partial charge is 0.0746 e. The van der Waals surface area contributed by atoms with Crippen molar-refractivity contribution in [3.8, 4) is 0 Å². The molecule has 13 heavy (non-hydrogen) atoms. The molecule has 0 unspecified atom stereocenters. The summed E-state index contributed by atoms with van der Waals surface area (Å²) in [4.78, 5) is 4.34. The molecule has 0 aliphatic carbocycles. The fourth-order valence-electron chi connectivity index (χ4n) is 1.41. The summed E-state index contributed by atoms with van der Waals surface area (Å²) in [6, 6.07) is 7.42. The molecule has 4 N–H and O–H groups in total. The topological polar surface area (TPSA) is 64.9 Å². The summed E-state index contributed by atoms with van der Waals surface area (Å²) in [5.74, 6) is 0. The van der Waals surface area contributed by atoms with Gasteiger partial charge in [0.05, 0.1) is 5.52 Å². The summed E-state index contributed by atoms with van der Waals surface area (Å²) in [5.41, 5.74) is 14.7. The molecule has 3 nitrogen and oxygen atoms in total. The average molecular weight is 173 g/mol. The van der Waals surface area contributed by atoms with Gasteiger partial charge in [-0.15, -0.1) is 0 Å². The van der Waals surface area contributed by atoms with Crippen LogP contribution in [0.4, 0.5) is 11.4 Å². The van der Waals surface area contributed by atoms with Crippen LogP contribution in [0.2, 0.25) is 0 Å². The summed E-state index contributed by atoms with van der Waals surface area (Å²) >= 11 is 0. The Kier molecular flexibility index (Phi) is 1.59. The first-order chi connectivity index (χ1) is 6.16. The molecule has 1 heterocycles. The van der Waals surface area contributed by atoms with Gasteiger partial charge >= 0.3 is 0 Å². The molecule has 0 saturated carbocycles. The number of anilines is 2. The van der Waals surface area contributed by atoms with Crippen molar-refractivity contribution in [3.63, 3.8) is 0 Å². The van der Waals surface area contributed by atoms with E-state index in [-0.39, 0.29) is 0 Å². The summed E-state index contributed by atoms with van der Waals surface area (Å²) < 4.78 is 0. The molecule has 2 aromatic rings. The quantitative estimate of drug-likeness (QED) is 0.596. The van der Waals surface area contributed by atoms with E-state index >= 15 is 0 Å². The Labute approximate surface area is 76.4 Å². The van der Waals surface area contributed by atoms with Crippen LogP contribution in [-0.2, 0) is 0 Å². The first kappa shape index (κ1) is 7.86. The predicted molar refractivity (Wildman–Crippen MR) is 55.3 cm³/mol. The van der Waals surface area contributed by atoms with E-state index in [0.717, 1.165) is 22.3 Å². The third-order valence-corrected chi connectivity index (χ3v) is 1.99. The van der Waals surface area contributed by atoms with Crippen molar-refractivity contribution >= 4 is 22.3 Å². The highest BCUT2D eigenvalue weighted by atomic mass is 14.7. The number of nitrogens with zero attached hydrogens (tertiary/aromatic N) is 1. The lowest BCUT2D eigenvalue weighted by molar-refractivity contribution is 1.26. The molecule has 0 atom stereocenters. The van der Waals surface area contributed by atoms with Gasteiger partial charge in [0.2, 0.25) is 0 Å². The molecule has 0 amide bonds. The molecule has 3 heteroatoms. The first-order valence-electron chi connectivity index (χ1n) is 4.09. The van der Waals surface area contributed by atoms with Gasteiger partial charge in [-0.2, -0.15) is 0 Å². The number of hydrogen-bond donors (Lipinski definition) is 2. The van der Waals surface area contributed by atoms with E-state index in [1.54, 1.807) is 0 Å². The van der Waals surface area contributed by atoms with Crippen LogP contribution in [0.5, 0.6) is 0 Å². The molecule has 0 fully saturated rings. The number of aryl methyl sites for hydroxylation is 1. The summed E-state index contributed by atoms with van der Waals surface area (Å²) in [6.07, 6.45) is 0. The zero-order valence-electron chi connectivity index (χ0n) is 7.41. The Hall–Kier alpha value is -1.77. The van der Waals surface area contributed by atoms with E-state index in [9.17, 15) is 0 Å². The molecule has 1 aromatic heterocycles. The van der Waals surface area contributed by atoms with E-state index in [0.29, 0.717) is 5.69 Å². The molecular formula is C10H11N3. The van der Waals surface area contributed by atoms with Gasteiger partial charge in [-0.3, -0.25) is 4.98 Å². The van der Waals surface area contributed by atoms with E-state index in [4.69, 9.17) is 11.5 Å². The lowest BCUT2D eigenvalue weighted by Gasteiger charge is -2.03. The van der Waals surface area contributed by atoms with Crippen LogP contribution in [-0.4, -0.2) is 4.98 Å². The Morgan fingerprint density at radius 2 is 1.92 bits per heavy atom. The van der Waals surface area contributed by atoms with Gasteiger partial charge in [-0.05, 0) is 31.2 Å². The average Bonchev–Trinajstić information content (AvgIpc) is 2.02. The minimum atomic E-state index is 0.713. The maximum atomic E-state index is 5.83. The van der Waals surface area contributed by atoms with Gasteiger partial charge in [0.25, 0.3) is 0 Å². The van der Waals surface area contributed by atoms with E-state index in [1.807, 2.05) is 31.2 Å². The van der Waals surface area contributed by atoms with Crippen molar-refractivity contribution in [1.29, 1.82) is 0 Å². The van der Waals surface area contributed by atoms with Crippen molar-refractivity contribution in [1.82, 2.24) is 4.98 Å². The largest absolute Gasteiger partial charge is 0.399 e. The highest BCUT2D eigenvalue weighted by molar-refractivity contribution is 5.91. The number of hydrogen-bond acceptors (Lipinski definition) is 3. The fourth-order valence-corrected chi connectivity index (χ4v) is 1.41. The van der Waals surface area contributed by atoms with Crippen molar-refractivity contribution < 1.29 is 0 Å². The van der Waals surface area contributed by atoms with Gasteiger partial charge in [-0.25, -0.2) is 0 Å². The third-order valence-electron chi connectivity index (χ3n) is 1.99. The number of benzene rings is 1. The van der Waals surface area contributed by atoms with Crippen molar-refractivity contribution in [3.05, 3.63) is 30.0 Å². The second-order valence-corrected chi connectivity index (χ2v) is 3.13. The highest BCUT2D eigenvalue weighted by Gasteiger charge is 2.00. The van der Waals surface area contributed by atoms with Crippen LogP contribution in [0.15, 0.2) is 24.3 Å². The molecule has 0 radical (unpaired) electrons. The fraction of sp³-hybridized carbons (Fsp3) is 0.100. The van der Waals surface area contributed by atoms with Gasteiger partial charge in [0.1, 0.15) is 0 Å². The zero-order valence-corrected chi connectivity index (χ0v) is 7.41. The van der Waals surface area contributed by atoms with Crippen molar-refractivity contribution in [2.24, 2.45) is 0 Å². The number of pyridine rings is 1. The number of fused-ring (bicyclic) bond motifs is 1. The van der Waals surface area contributed by atoms with E-state index in [1.165, 1.54) is 0 Å². The third kappa shape index (κ3) is 1.28. The summed E-state index contributed by atoms with van der Waals surface area (Å²) in [7, 11) is 0. The van der Waals surface area contributed by atoms with Crippen LogP contribution < -0.4 is 11.5 Å². The molecule has 66 valence electrons. The van der Waals surface area contributed by atoms with Gasteiger partial charge < -0.3 is 11.5 Å². The second kappa shape index (κ2) is 2.62. The van der Waals surface area contributed by atoms with Crippen LogP contribution in [0.25, 0.3) is 10.9 Å². The SMILES string of the molecule is Cc1cc(N)c2ccc(N)cc2n1. The molecule has 0 spiro atoms.